The van der Waals surface area contributed by atoms with Gasteiger partial charge in [-0.1, -0.05) is 0 Å². The Morgan fingerprint density at radius 2 is 2.13 bits per heavy atom. The highest BCUT2D eigenvalue weighted by molar-refractivity contribution is 7.11. The van der Waals surface area contributed by atoms with Crippen molar-refractivity contribution in [1.29, 1.82) is 0 Å². The molecule has 1 amide bonds. The zero-order valence-corrected chi connectivity index (χ0v) is 14.2. The number of likely N-dealkylation sites (tertiary alicyclic amines) is 1. The van der Waals surface area contributed by atoms with Crippen LogP contribution in [0.4, 0.5) is 0 Å². The molecule has 3 aromatic rings. The number of hydrogen-bond acceptors (Lipinski definition) is 7. The van der Waals surface area contributed by atoms with Gasteiger partial charge in [0.1, 0.15) is 21.0 Å². The van der Waals surface area contributed by atoms with Crippen LogP contribution in [0.25, 0.3) is 11.0 Å². The van der Waals surface area contributed by atoms with E-state index in [1.807, 2.05) is 30.0 Å². The van der Waals surface area contributed by atoms with E-state index in [2.05, 4.69) is 18.9 Å². The second kappa shape index (κ2) is 5.93. The molecular formula is C15H15N5OS2. The molecule has 3 heterocycles. The highest BCUT2D eigenvalue weighted by Crippen LogP contribution is 2.29. The van der Waals surface area contributed by atoms with E-state index in [1.54, 1.807) is 11.3 Å². The number of fused-ring (bicyclic) bond motifs is 1. The lowest BCUT2D eigenvalue weighted by Crippen LogP contribution is -2.39. The maximum Gasteiger partial charge on any atom is 0.253 e. The number of carbonyl (C=O) groups is 1. The van der Waals surface area contributed by atoms with E-state index in [-0.39, 0.29) is 5.91 Å². The van der Waals surface area contributed by atoms with Gasteiger partial charge >= 0.3 is 0 Å². The second-order valence-electron chi connectivity index (χ2n) is 5.72. The number of amides is 1. The van der Waals surface area contributed by atoms with Crippen LogP contribution in [0.5, 0.6) is 0 Å². The second-order valence-corrected chi connectivity index (χ2v) is 7.46. The standard InChI is InChI=1S/C15H15N5OS2/c1-9-16-17-14(22-9)11-3-2-6-20(8-11)15(21)10-4-5-12-13(7-10)19-23-18-12/h4-5,7,11H,2-3,6,8H2,1H3/t11-/m1/s1. The lowest BCUT2D eigenvalue weighted by Gasteiger charge is -2.31. The summed E-state index contributed by atoms with van der Waals surface area (Å²) in [7, 11) is 0. The van der Waals surface area contributed by atoms with Crippen molar-refractivity contribution in [2.45, 2.75) is 25.7 Å². The third kappa shape index (κ3) is 2.84. The van der Waals surface area contributed by atoms with E-state index in [0.29, 0.717) is 18.0 Å². The Hall–Kier alpha value is -1.93. The topological polar surface area (TPSA) is 71.9 Å². The molecule has 1 aromatic carbocycles. The summed E-state index contributed by atoms with van der Waals surface area (Å²) in [6, 6.07) is 5.53. The molecule has 1 atom stereocenters. The molecule has 0 radical (unpaired) electrons. The van der Waals surface area contributed by atoms with Gasteiger partial charge in [-0.05, 0) is 38.0 Å². The van der Waals surface area contributed by atoms with Gasteiger partial charge in [0.25, 0.3) is 5.91 Å². The maximum atomic E-state index is 12.8. The normalized spacial score (nSPS) is 18.5. The first-order chi connectivity index (χ1) is 11.2. The lowest BCUT2D eigenvalue weighted by atomic mass is 9.98. The van der Waals surface area contributed by atoms with Gasteiger partial charge in [-0.2, -0.15) is 8.75 Å². The van der Waals surface area contributed by atoms with Gasteiger partial charge < -0.3 is 4.90 Å². The molecule has 118 valence electrons. The van der Waals surface area contributed by atoms with Gasteiger partial charge in [0, 0.05) is 24.6 Å². The Morgan fingerprint density at radius 3 is 2.96 bits per heavy atom. The van der Waals surface area contributed by atoms with Gasteiger partial charge in [-0.15, -0.1) is 21.5 Å². The average molecular weight is 345 g/mol. The number of piperidine rings is 1. The van der Waals surface area contributed by atoms with Crippen LogP contribution >= 0.6 is 23.1 Å². The van der Waals surface area contributed by atoms with Crippen LogP contribution in [-0.4, -0.2) is 42.8 Å². The van der Waals surface area contributed by atoms with E-state index < -0.39 is 0 Å². The molecule has 0 spiro atoms. The number of hydrogen-bond donors (Lipinski definition) is 0. The Labute approximate surface area is 141 Å². The van der Waals surface area contributed by atoms with Crippen LogP contribution in [0, 0.1) is 6.92 Å². The summed E-state index contributed by atoms with van der Waals surface area (Å²) in [5.74, 6) is 0.356. The minimum atomic E-state index is 0.0610. The number of aromatic nitrogens is 4. The molecule has 1 fully saturated rings. The highest BCUT2D eigenvalue weighted by Gasteiger charge is 2.27. The third-order valence-electron chi connectivity index (χ3n) is 4.10. The first-order valence-electron chi connectivity index (χ1n) is 7.52. The molecule has 1 aliphatic rings. The van der Waals surface area contributed by atoms with Crippen LogP contribution in [0.2, 0.25) is 0 Å². The molecule has 0 bridgehead atoms. The van der Waals surface area contributed by atoms with E-state index in [4.69, 9.17) is 0 Å². The summed E-state index contributed by atoms with van der Waals surface area (Å²) in [5, 5.41) is 10.4. The van der Waals surface area contributed by atoms with E-state index in [1.165, 1.54) is 11.7 Å². The largest absolute Gasteiger partial charge is 0.338 e. The number of benzene rings is 1. The smallest absolute Gasteiger partial charge is 0.253 e. The molecule has 0 aliphatic carbocycles. The first-order valence-corrected chi connectivity index (χ1v) is 9.07. The monoisotopic (exact) mass is 345 g/mol. The van der Waals surface area contributed by atoms with Gasteiger partial charge in [-0.25, -0.2) is 0 Å². The van der Waals surface area contributed by atoms with Crippen molar-refractivity contribution in [2.75, 3.05) is 13.1 Å². The number of aryl methyl sites for hydroxylation is 1. The lowest BCUT2D eigenvalue weighted by molar-refractivity contribution is 0.0707. The molecule has 2 aromatic heterocycles. The minimum Gasteiger partial charge on any atom is -0.338 e. The summed E-state index contributed by atoms with van der Waals surface area (Å²) < 4.78 is 8.39. The average Bonchev–Trinajstić information content (AvgIpc) is 3.22. The highest BCUT2D eigenvalue weighted by atomic mass is 32.1. The zero-order valence-electron chi connectivity index (χ0n) is 12.6. The molecule has 0 unspecified atom stereocenters. The molecule has 1 saturated heterocycles. The molecular weight excluding hydrogens is 330 g/mol. The van der Waals surface area contributed by atoms with Crippen LogP contribution < -0.4 is 0 Å². The summed E-state index contributed by atoms with van der Waals surface area (Å²) in [6.07, 6.45) is 2.06. The molecule has 0 N–H and O–H groups in total. The van der Waals surface area contributed by atoms with Crippen molar-refractivity contribution < 1.29 is 4.79 Å². The van der Waals surface area contributed by atoms with Crippen molar-refractivity contribution in [3.63, 3.8) is 0 Å². The van der Waals surface area contributed by atoms with Crippen molar-refractivity contribution in [1.82, 2.24) is 23.8 Å². The zero-order chi connectivity index (χ0) is 15.8. The van der Waals surface area contributed by atoms with Crippen molar-refractivity contribution in [2.24, 2.45) is 0 Å². The van der Waals surface area contributed by atoms with Gasteiger partial charge in [0.15, 0.2) is 0 Å². The SMILES string of the molecule is Cc1nnc([C@@H]2CCCN(C(=O)c3ccc4nsnc4c3)C2)s1. The fourth-order valence-electron chi connectivity index (χ4n) is 2.94. The predicted octanol–water partition coefficient (Wildman–Crippen LogP) is 2.87. The molecule has 1 aliphatic heterocycles. The fourth-order valence-corrected chi connectivity index (χ4v) is 4.28. The summed E-state index contributed by atoms with van der Waals surface area (Å²) in [4.78, 5) is 14.7. The summed E-state index contributed by atoms with van der Waals surface area (Å²) in [5.41, 5.74) is 2.31. The Morgan fingerprint density at radius 1 is 1.26 bits per heavy atom. The third-order valence-corrected chi connectivity index (χ3v) is 5.66. The number of rotatable bonds is 2. The fraction of sp³-hybridized carbons (Fsp3) is 0.400. The molecule has 0 saturated carbocycles. The first kappa shape index (κ1) is 14.6. The minimum absolute atomic E-state index is 0.0610. The molecule has 6 nitrogen and oxygen atoms in total. The van der Waals surface area contributed by atoms with E-state index >= 15 is 0 Å². The van der Waals surface area contributed by atoms with Crippen molar-refractivity contribution >= 4 is 40.0 Å². The Bertz CT molecular complexity index is 858. The summed E-state index contributed by atoms with van der Waals surface area (Å²) in [6.45, 7) is 3.46. The van der Waals surface area contributed by atoms with E-state index in [9.17, 15) is 4.79 Å². The molecule has 4 rings (SSSR count). The molecule has 23 heavy (non-hydrogen) atoms. The maximum absolute atomic E-state index is 12.8. The Balaban J connectivity index is 1.55. The van der Waals surface area contributed by atoms with E-state index in [0.717, 1.165) is 40.4 Å². The van der Waals surface area contributed by atoms with Crippen LogP contribution in [0.1, 0.15) is 39.1 Å². The van der Waals surface area contributed by atoms with Crippen LogP contribution in [0.15, 0.2) is 18.2 Å². The molecule has 8 heteroatoms. The van der Waals surface area contributed by atoms with Gasteiger partial charge in [0.2, 0.25) is 0 Å². The van der Waals surface area contributed by atoms with Gasteiger partial charge in [-0.3, -0.25) is 4.79 Å². The quantitative estimate of drug-likeness (QED) is 0.714. The summed E-state index contributed by atoms with van der Waals surface area (Å²) >= 11 is 2.80. The number of nitrogens with zero attached hydrogens (tertiary/aromatic N) is 5. The number of carbonyl (C=O) groups excluding carboxylic acids is 1. The van der Waals surface area contributed by atoms with Crippen molar-refractivity contribution in [3.05, 3.63) is 33.8 Å². The van der Waals surface area contributed by atoms with Gasteiger partial charge in [0.05, 0.1) is 11.7 Å². The van der Waals surface area contributed by atoms with Crippen LogP contribution in [0.3, 0.4) is 0 Å². The Kier molecular flexibility index (Phi) is 3.78. The van der Waals surface area contributed by atoms with Crippen LogP contribution in [-0.2, 0) is 0 Å². The van der Waals surface area contributed by atoms with Crippen molar-refractivity contribution in [3.8, 4) is 0 Å². The predicted molar refractivity (Wildman–Crippen MR) is 89.9 cm³/mol.